The van der Waals surface area contributed by atoms with Crippen molar-refractivity contribution in [3.63, 3.8) is 0 Å². The van der Waals surface area contributed by atoms with Gasteiger partial charge in [0.15, 0.2) is 0 Å². The molecule has 0 saturated carbocycles. The highest BCUT2D eigenvalue weighted by molar-refractivity contribution is 5.14. The first kappa shape index (κ1) is 13.5. The van der Waals surface area contributed by atoms with Gasteiger partial charge in [-0.05, 0) is 31.7 Å². The number of rotatable bonds is 4. The van der Waals surface area contributed by atoms with Crippen molar-refractivity contribution < 1.29 is 5.11 Å². The minimum absolute atomic E-state index is 0.131. The number of benzene rings is 1. The van der Waals surface area contributed by atoms with Gasteiger partial charge in [0, 0.05) is 25.7 Å². The second-order valence-corrected chi connectivity index (χ2v) is 5.47. The molecule has 1 unspecified atom stereocenters. The zero-order valence-electron chi connectivity index (χ0n) is 11.2. The average Bonchev–Trinajstić information content (AvgIpc) is 2.39. The molecule has 0 aliphatic carbocycles. The van der Waals surface area contributed by atoms with Gasteiger partial charge in [-0.3, -0.25) is 0 Å². The summed E-state index contributed by atoms with van der Waals surface area (Å²) in [5, 5.41) is 10.3. The van der Waals surface area contributed by atoms with Gasteiger partial charge in [0.25, 0.3) is 0 Å². The third-order valence-corrected chi connectivity index (χ3v) is 4.13. The van der Waals surface area contributed by atoms with Crippen molar-refractivity contribution in [2.75, 3.05) is 19.6 Å². The van der Waals surface area contributed by atoms with Crippen molar-refractivity contribution in [1.29, 1.82) is 0 Å². The van der Waals surface area contributed by atoms with Crippen LogP contribution in [0.2, 0.25) is 0 Å². The minimum atomic E-state index is -0.650. The van der Waals surface area contributed by atoms with Crippen molar-refractivity contribution in [2.24, 2.45) is 5.73 Å². The van der Waals surface area contributed by atoms with Crippen LogP contribution in [0.25, 0.3) is 0 Å². The summed E-state index contributed by atoms with van der Waals surface area (Å²) in [5.41, 5.74) is 6.57. The maximum absolute atomic E-state index is 10.3. The molecule has 0 amide bonds. The van der Waals surface area contributed by atoms with Crippen molar-refractivity contribution >= 4 is 0 Å². The Bertz CT molecular complexity index is 356. The summed E-state index contributed by atoms with van der Waals surface area (Å²) in [5.74, 6) is 0. The van der Waals surface area contributed by atoms with Gasteiger partial charge in [-0.2, -0.15) is 0 Å². The number of nitrogens with zero attached hydrogens (tertiary/aromatic N) is 1. The van der Waals surface area contributed by atoms with E-state index in [0.29, 0.717) is 0 Å². The van der Waals surface area contributed by atoms with Crippen LogP contribution in [-0.2, 0) is 6.42 Å². The number of piperidine rings is 1. The summed E-state index contributed by atoms with van der Waals surface area (Å²) >= 11 is 0. The van der Waals surface area contributed by atoms with Gasteiger partial charge in [0.05, 0.1) is 5.60 Å². The maximum Gasteiger partial charge on any atom is 0.0819 e. The lowest BCUT2D eigenvalue weighted by molar-refractivity contribution is -0.0363. The Labute approximate surface area is 110 Å². The van der Waals surface area contributed by atoms with E-state index in [0.717, 1.165) is 38.9 Å². The van der Waals surface area contributed by atoms with Crippen LogP contribution in [0.15, 0.2) is 30.3 Å². The molecule has 0 aromatic heterocycles. The molecule has 2 rings (SSSR count). The second kappa shape index (κ2) is 5.83. The SMILES string of the molecule is CC(N)C1(O)CCN(CCc2ccccc2)CC1. The Morgan fingerprint density at radius 1 is 1.28 bits per heavy atom. The first-order valence-electron chi connectivity index (χ1n) is 6.84. The van der Waals surface area contributed by atoms with E-state index in [1.54, 1.807) is 0 Å². The van der Waals surface area contributed by atoms with E-state index >= 15 is 0 Å². The van der Waals surface area contributed by atoms with Crippen LogP contribution < -0.4 is 5.73 Å². The molecular formula is C15H24N2O. The normalized spacial score (nSPS) is 21.7. The van der Waals surface area contributed by atoms with E-state index in [-0.39, 0.29) is 6.04 Å². The van der Waals surface area contributed by atoms with Gasteiger partial charge < -0.3 is 15.7 Å². The highest BCUT2D eigenvalue weighted by Crippen LogP contribution is 2.24. The molecule has 18 heavy (non-hydrogen) atoms. The van der Waals surface area contributed by atoms with Crippen LogP contribution >= 0.6 is 0 Å². The predicted molar refractivity (Wildman–Crippen MR) is 74.4 cm³/mol. The summed E-state index contributed by atoms with van der Waals surface area (Å²) in [6.07, 6.45) is 2.66. The van der Waals surface area contributed by atoms with Crippen molar-refractivity contribution in [3.05, 3.63) is 35.9 Å². The van der Waals surface area contributed by atoms with E-state index in [4.69, 9.17) is 5.73 Å². The molecule has 1 aromatic rings. The fraction of sp³-hybridized carbons (Fsp3) is 0.600. The molecular weight excluding hydrogens is 224 g/mol. The molecule has 1 aromatic carbocycles. The van der Waals surface area contributed by atoms with Gasteiger partial charge in [-0.15, -0.1) is 0 Å². The molecule has 1 fully saturated rings. The molecule has 3 nitrogen and oxygen atoms in total. The summed E-state index contributed by atoms with van der Waals surface area (Å²) in [4.78, 5) is 2.42. The van der Waals surface area contributed by atoms with Crippen molar-refractivity contribution in [3.8, 4) is 0 Å². The Kier molecular flexibility index (Phi) is 4.38. The van der Waals surface area contributed by atoms with Crippen LogP contribution in [0.3, 0.4) is 0 Å². The van der Waals surface area contributed by atoms with Crippen LogP contribution in [0.5, 0.6) is 0 Å². The van der Waals surface area contributed by atoms with Gasteiger partial charge >= 0.3 is 0 Å². The molecule has 0 bridgehead atoms. The fourth-order valence-electron chi connectivity index (χ4n) is 2.55. The molecule has 1 aliphatic rings. The van der Waals surface area contributed by atoms with Crippen molar-refractivity contribution in [2.45, 2.75) is 37.8 Å². The Hall–Kier alpha value is -0.900. The van der Waals surface area contributed by atoms with Crippen LogP contribution in [0, 0.1) is 0 Å². The summed E-state index contributed by atoms with van der Waals surface area (Å²) in [7, 11) is 0. The highest BCUT2D eigenvalue weighted by atomic mass is 16.3. The summed E-state index contributed by atoms with van der Waals surface area (Å²) in [6, 6.07) is 10.4. The lowest BCUT2D eigenvalue weighted by Crippen LogP contribution is -2.53. The van der Waals surface area contributed by atoms with E-state index in [1.807, 2.05) is 13.0 Å². The first-order chi connectivity index (χ1) is 8.60. The third-order valence-electron chi connectivity index (χ3n) is 4.13. The standard InChI is InChI=1S/C15H24N2O/c1-13(16)15(18)8-11-17(12-9-15)10-7-14-5-3-2-4-6-14/h2-6,13,18H,7-12,16H2,1H3. The van der Waals surface area contributed by atoms with Crippen LogP contribution in [-0.4, -0.2) is 41.3 Å². The van der Waals surface area contributed by atoms with Gasteiger partial charge in [-0.25, -0.2) is 0 Å². The maximum atomic E-state index is 10.3. The summed E-state index contributed by atoms with van der Waals surface area (Å²) in [6.45, 7) is 4.87. The molecule has 1 heterocycles. The number of likely N-dealkylation sites (tertiary alicyclic amines) is 1. The fourth-order valence-corrected chi connectivity index (χ4v) is 2.55. The zero-order valence-corrected chi connectivity index (χ0v) is 11.2. The molecule has 0 spiro atoms. The van der Waals surface area contributed by atoms with Gasteiger partial charge in [0.1, 0.15) is 0 Å². The lowest BCUT2D eigenvalue weighted by Gasteiger charge is -2.40. The molecule has 3 N–H and O–H groups in total. The Morgan fingerprint density at radius 2 is 1.89 bits per heavy atom. The quantitative estimate of drug-likeness (QED) is 0.847. The van der Waals surface area contributed by atoms with Gasteiger partial charge in [0.2, 0.25) is 0 Å². The Balaban J connectivity index is 1.77. The molecule has 3 heteroatoms. The van der Waals surface area contributed by atoms with E-state index in [2.05, 4.69) is 29.2 Å². The molecule has 0 radical (unpaired) electrons. The van der Waals surface area contributed by atoms with Crippen LogP contribution in [0.1, 0.15) is 25.3 Å². The monoisotopic (exact) mass is 248 g/mol. The minimum Gasteiger partial charge on any atom is -0.388 e. The topological polar surface area (TPSA) is 49.5 Å². The average molecular weight is 248 g/mol. The number of nitrogens with two attached hydrogens (primary N) is 1. The molecule has 1 atom stereocenters. The first-order valence-corrected chi connectivity index (χ1v) is 6.84. The van der Waals surface area contributed by atoms with E-state index in [1.165, 1.54) is 5.56 Å². The largest absolute Gasteiger partial charge is 0.388 e. The third kappa shape index (κ3) is 3.31. The Morgan fingerprint density at radius 3 is 2.44 bits per heavy atom. The number of hydrogen-bond donors (Lipinski definition) is 2. The highest BCUT2D eigenvalue weighted by Gasteiger charge is 2.35. The van der Waals surface area contributed by atoms with E-state index < -0.39 is 5.60 Å². The second-order valence-electron chi connectivity index (χ2n) is 5.47. The molecule has 1 saturated heterocycles. The van der Waals surface area contributed by atoms with Crippen LogP contribution in [0.4, 0.5) is 0 Å². The summed E-state index contributed by atoms with van der Waals surface area (Å²) < 4.78 is 0. The molecule has 100 valence electrons. The molecule has 1 aliphatic heterocycles. The zero-order chi connectivity index (χ0) is 13.0. The lowest BCUT2D eigenvalue weighted by atomic mass is 9.85. The number of aliphatic hydroxyl groups is 1. The van der Waals surface area contributed by atoms with Crippen molar-refractivity contribution in [1.82, 2.24) is 4.90 Å². The van der Waals surface area contributed by atoms with E-state index in [9.17, 15) is 5.11 Å². The number of hydrogen-bond acceptors (Lipinski definition) is 3. The van der Waals surface area contributed by atoms with Gasteiger partial charge in [-0.1, -0.05) is 30.3 Å². The predicted octanol–water partition coefficient (Wildman–Crippen LogP) is 1.40. The smallest absolute Gasteiger partial charge is 0.0819 e.